The van der Waals surface area contributed by atoms with E-state index in [1.807, 2.05) is 20.8 Å². The minimum Gasteiger partial charge on any atom is -0.459 e. The van der Waals surface area contributed by atoms with Gasteiger partial charge in [-0.05, 0) is 24.5 Å². The molecular weight excluding hydrogens is 286 g/mol. The molecule has 0 fully saturated rings. The van der Waals surface area contributed by atoms with Crippen molar-refractivity contribution >= 4 is 17.7 Å². The van der Waals surface area contributed by atoms with Crippen molar-refractivity contribution in [3.63, 3.8) is 0 Å². The quantitative estimate of drug-likeness (QED) is 0.657. The highest BCUT2D eigenvalue weighted by Crippen LogP contribution is 2.05. The number of furan rings is 1. The third kappa shape index (κ3) is 5.59. The fourth-order valence-corrected chi connectivity index (χ4v) is 1.76. The molecule has 0 aliphatic rings. The molecule has 0 saturated heterocycles. The summed E-state index contributed by atoms with van der Waals surface area (Å²) in [5.41, 5.74) is 0. The number of carbonyl (C=O) groups excluding carboxylic acids is 3. The van der Waals surface area contributed by atoms with Gasteiger partial charge in [0.15, 0.2) is 5.76 Å². The van der Waals surface area contributed by atoms with Gasteiger partial charge in [0.2, 0.25) is 11.8 Å². The third-order valence-corrected chi connectivity index (χ3v) is 2.98. The topological polar surface area (TPSA) is 100 Å². The molecule has 7 nitrogen and oxygen atoms in total. The Morgan fingerprint density at radius 3 is 2.50 bits per heavy atom. The van der Waals surface area contributed by atoms with Crippen LogP contribution in [0.1, 0.15) is 37.7 Å². The van der Waals surface area contributed by atoms with E-state index in [1.54, 1.807) is 6.07 Å². The maximum absolute atomic E-state index is 12.1. The van der Waals surface area contributed by atoms with Crippen LogP contribution >= 0.6 is 0 Å². The van der Waals surface area contributed by atoms with E-state index in [1.165, 1.54) is 12.3 Å². The summed E-state index contributed by atoms with van der Waals surface area (Å²) in [6, 6.07) is 2.37. The molecule has 1 atom stereocenters. The van der Waals surface area contributed by atoms with Gasteiger partial charge in [-0.2, -0.15) is 0 Å². The number of carbonyl (C=O) groups is 3. The van der Waals surface area contributed by atoms with E-state index in [4.69, 9.17) is 4.42 Å². The normalized spacial score (nSPS) is 11.8. The lowest BCUT2D eigenvalue weighted by Gasteiger charge is -2.21. The Bertz CT molecular complexity index is 497. The smallest absolute Gasteiger partial charge is 0.287 e. The monoisotopic (exact) mass is 309 g/mol. The molecule has 0 aliphatic carbocycles. The van der Waals surface area contributed by atoms with Gasteiger partial charge in [-0.15, -0.1) is 0 Å². The maximum Gasteiger partial charge on any atom is 0.287 e. The summed E-state index contributed by atoms with van der Waals surface area (Å²) in [6.07, 6.45) is 2.21. The van der Waals surface area contributed by atoms with Crippen LogP contribution in [0.4, 0.5) is 0 Å². The van der Waals surface area contributed by atoms with Crippen molar-refractivity contribution in [3.8, 4) is 0 Å². The zero-order valence-corrected chi connectivity index (χ0v) is 13.1. The summed E-state index contributed by atoms with van der Waals surface area (Å²) in [5.74, 6) is -1.11. The van der Waals surface area contributed by atoms with Crippen molar-refractivity contribution in [1.29, 1.82) is 0 Å². The SMILES string of the molecule is CCCNC(=O)CNC(=O)C(NC(=O)c1ccco1)C(C)C. The van der Waals surface area contributed by atoms with Gasteiger partial charge in [0.25, 0.3) is 5.91 Å². The summed E-state index contributed by atoms with van der Waals surface area (Å²) in [7, 11) is 0. The summed E-state index contributed by atoms with van der Waals surface area (Å²) >= 11 is 0. The largest absolute Gasteiger partial charge is 0.459 e. The Balaban J connectivity index is 2.53. The van der Waals surface area contributed by atoms with Crippen LogP contribution in [0, 0.1) is 5.92 Å². The van der Waals surface area contributed by atoms with Crippen molar-refractivity contribution in [2.45, 2.75) is 33.2 Å². The van der Waals surface area contributed by atoms with Crippen molar-refractivity contribution in [2.75, 3.05) is 13.1 Å². The molecule has 0 radical (unpaired) electrons. The first kappa shape index (κ1) is 17.7. The van der Waals surface area contributed by atoms with Crippen LogP contribution < -0.4 is 16.0 Å². The molecule has 0 aliphatic heterocycles. The lowest BCUT2D eigenvalue weighted by molar-refractivity contribution is -0.127. The molecule has 1 aromatic heterocycles. The summed E-state index contributed by atoms with van der Waals surface area (Å²) in [5, 5.41) is 7.80. The molecule has 3 N–H and O–H groups in total. The van der Waals surface area contributed by atoms with E-state index in [0.717, 1.165) is 6.42 Å². The second kappa shape index (κ2) is 8.86. The van der Waals surface area contributed by atoms with Crippen LogP contribution in [-0.4, -0.2) is 36.9 Å². The molecule has 0 aromatic carbocycles. The minimum absolute atomic E-state index is 0.112. The Kier molecular flexibility index (Phi) is 7.15. The Labute approximate surface area is 129 Å². The number of nitrogens with one attached hydrogen (secondary N) is 3. The van der Waals surface area contributed by atoms with Crippen LogP contribution in [0.3, 0.4) is 0 Å². The average Bonchev–Trinajstić information content (AvgIpc) is 3.01. The predicted molar refractivity (Wildman–Crippen MR) is 81.1 cm³/mol. The van der Waals surface area contributed by atoms with Gasteiger partial charge < -0.3 is 20.4 Å². The predicted octanol–water partition coefficient (Wildman–Crippen LogP) is 0.676. The molecule has 22 heavy (non-hydrogen) atoms. The molecule has 0 spiro atoms. The third-order valence-electron chi connectivity index (χ3n) is 2.98. The molecule has 1 unspecified atom stereocenters. The van der Waals surface area contributed by atoms with E-state index in [2.05, 4.69) is 16.0 Å². The van der Waals surface area contributed by atoms with Crippen molar-refractivity contribution in [3.05, 3.63) is 24.2 Å². The molecule has 1 aromatic rings. The van der Waals surface area contributed by atoms with Gasteiger partial charge in [-0.1, -0.05) is 20.8 Å². The molecular formula is C15H23N3O4. The second-order valence-electron chi connectivity index (χ2n) is 5.24. The van der Waals surface area contributed by atoms with Gasteiger partial charge in [-0.25, -0.2) is 0 Å². The van der Waals surface area contributed by atoms with E-state index in [-0.39, 0.29) is 24.1 Å². The highest BCUT2D eigenvalue weighted by atomic mass is 16.3. The number of hydrogen-bond acceptors (Lipinski definition) is 4. The first-order valence-electron chi connectivity index (χ1n) is 7.34. The lowest BCUT2D eigenvalue weighted by atomic mass is 10.0. The first-order valence-corrected chi connectivity index (χ1v) is 7.34. The second-order valence-corrected chi connectivity index (χ2v) is 5.24. The van der Waals surface area contributed by atoms with Crippen molar-refractivity contribution in [1.82, 2.24) is 16.0 Å². The molecule has 1 rings (SSSR count). The number of amides is 3. The van der Waals surface area contributed by atoms with Crippen LogP contribution in [0.25, 0.3) is 0 Å². The Morgan fingerprint density at radius 2 is 1.95 bits per heavy atom. The summed E-state index contributed by atoms with van der Waals surface area (Å²) in [6.45, 7) is 6.02. The van der Waals surface area contributed by atoms with Crippen LogP contribution in [0.2, 0.25) is 0 Å². The van der Waals surface area contributed by atoms with Crippen LogP contribution in [0.15, 0.2) is 22.8 Å². The number of hydrogen-bond donors (Lipinski definition) is 3. The lowest BCUT2D eigenvalue weighted by Crippen LogP contribution is -2.51. The summed E-state index contributed by atoms with van der Waals surface area (Å²) < 4.78 is 4.99. The van der Waals surface area contributed by atoms with Crippen molar-refractivity contribution in [2.24, 2.45) is 5.92 Å². The van der Waals surface area contributed by atoms with Gasteiger partial charge >= 0.3 is 0 Å². The fourth-order valence-electron chi connectivity index (χ4n) is 1.76. The first-order chi connectivity index (χ1) is 10.5. The number of rotatable bonds is 8. The van der Waals surface area contributed by atoms with Gasteiger partial charge in [0, 0.05) is 6.54 Å². The van der Waals surface area contributed by atoms with E-state index < -0.39 is 17.9 Å². The zero-order valence-electron chi connectivity index (χ0n) is 13.1. The highest BCUT2D eigenvalue weighted by Gasteiger charge is 2.25. The molecule has 122 valence electrons. The Morgan fingerprint density at radius 1 is 1.23 bits per heavy atom. The molecule has 0 saturated carbocycles. The minimum atomic E-state index is -0.739. The zero-order chi connectivity index (χ0) is 16.5. The van der Waals surface area contributed by atoms with E-state index in [9.17, 15) is 14.4 Å². The van der Waals surface area contributed by atoms with Crippen LogP contribution in [0.5, 0.6) is 0 Å². The maximum atomic E-state index is 12.1. The summed E-state index contributed by atoms with van der Waals surface area (Å²) in [4.78, 5) is 35.6. The molecule has 7 heteroatoms. The fraction of sp³-hybridized carbons (Fsp3) is 0.533. The van der Waals surface area contributed by atoms with Crippen LogP contribution in [-0.2, 0) is 9.59 Å². The van der Waals surface area contributed by atoms with Gasteiger partial charge in [0.05, 0.1) is 12.8 Å². The Hall–Kier alpha value is -2.31. The average molecular weight is 309 g/mol. The van der Waals surface area contributed by atoms with E-state index in [0.29, 0.717) is 6.54 Å². The standard InChI is InChI=1S/C15H23N3O4/c1-4-7-16-12(19)9-17-15(21)13(10(2)3)18-14(20)11-6-5-8-22-11/h5-6,8,10,13H,4,7,9H2,1-3H3,(H,16,19)(H,17,21)(H,18,20). The van der Waals surface area contributed by atoms with E-state index >= 15 is 0 Å². The molecule has 0 bridgehead atoms. The highest BCUT2D eigenvalue weighted by molar-refractivity contribution is 5.96. The van der Waals surface area contributed by atoms with Gasteiger partial charge in [-0.3, -0.25) is 14.4 Å². The van der Waals surface area contributed by atoms with Gasteiger partial charge in [0.1, 0.15) is 6.04 Å². The molecule has 3 amide bonds. The molecule has 1 heterocycles. The van der Waals surface area contributed by atoms with Crippen molar-refractivity contribution < 1.29 is 18.8 Å².